The third kappa shape index (κ3) is 2.65. The Bertz CT molecular complexity index is 1120. The molecule has 8 nitrogen and oxygen atoms in total. The first kappa shape index (κ1) is 18.0. The zero-order valence-corrected chi connectivity index (χ0v) is 16.7. The van der Waals surface area contributed by atoms with Gasteiger partial charge >= 0.3 is 5.69 Å². The number of hydrogen-bond acceptors (Lipinski definition) is 4. The Balaban J connectivity index is 1.89. The van der Waals surface area contributed by atoms with E-state index in [2.05, 4.69) is 21.4 Å². The van der Waals surface area contributed by atoms with E-state index in [0.717, 1.165) is 43.3 Å². The smallest absolute Gasteiger partial charge is 0.314 e. The largest absolute Gasteiger partial charge is 0.332 e. The van der Waals surface area contributed by atoms with Crippen LogP contribution in [0.25, 0.3) is 16.9 Å². The zero-order valence-electron chi connectivity index (χ0n) is 16.7. The van der Waals surface area contributed by atoms with Crippen LogP contribution in [0.4, 0.5) is 0 Å². The lowest BCUT2D eigenvalue weighted by atomic mass is 10.1. The summed E-state index contributed by atoms with van der Waals surface area (Å²) in [6.07, 6.45) is 3.65. The fraction of sp³-hybridized carbons (Fsp3) is 0.632. The molecule has 0 aliphatic carbocycles. The molecule has 1 fully saturated rings. The lowest BCUT2D eigenvalue weighted by Gasteiger charge is -2.26. The van der Waals surface area contributed by atoms with Gasteiger partial charge in [0.1, 0.15) is 0 Å². The first-order valence-corrected chi connectivity index (χ1v) is 9.85. The second kappa shape index (κ2) is 6.67. The molecule has 4 rings (SSSR count). The van der Waals surface area contributed by atoms with Gasteiger partial charge in [0.05, 0.1) is 0 Å². The molecule has 8 heteroatoms. The molecule has 0 amide bonds. The Hall–Kier alpha value is -2.35. The molecular weight excluding hydrogens is 344 g/mol. The second-order valence-electron chi connectivity index (χ2n) is 7.54. The van der Waals surface area contributed by atoms with Gasteiger partial charge in [-0.1, -0.05) is 6.42 Å². The van der Waals surface area contributed by atoms with E-state index in [-0.39, 0.29) is 11.2 Å². The summed E-state index contributed by atoms with van der Waals surface area (Å²) in [6.45, 7) is 10.1. The first-order chi connectivity index (χ1) is 13.0. The number of likely N-dealkylation sites (tertiary alicyclic amines) is 1. The van der Waals surface area contributed by atoms with Crippen molar-refractivity contribution >= 4 is 16.9 Å². The van der Waals surface area contributed by atoms with Crippen molar-refractivity contribution in [2.75, 3.05) is 19.6 Å². The quantitative estimate of drug-likeness (QED) is 0.692. The van der Waals surface area contributed by atoms with Crippen molar-refractivity contribution < 1.29 is 0 Å². The van der Waals surface area contributed by atoms with Gasteiger partial charge in [-0.15, -0.1) is 0 Å². The van der Waals surface area contributed by atoms with Crippen molar-refractivity contribution in [3.63, 3.8) is 0 Å². The minimum Gasteiger partial charge on any atom is -0.314 e. The molecule has 0 unspecified atom stereocenters. The van der Waals surface area contributed by atoms with E-state index in [1.807, 2.05) is 18.2 Å². The van der Waals surface area contributed by atoms with Crippen LogP contribution in [0.2, 0.25) is 0 Å². The number of fused-ring (bicyclic) bond motifs is 3. The molecule has 1 aliphatic rings. The summed E-state index contributed by atoms with van der Waals surface area (Å²) in [6, 6.07) is 0. The van der Waals surface area contributed by atoms with E-state index < -0.39 is 0 Å². The molecular formula is C19H28N6O2. The number of aromatic nitrogens is 5. The Kier molecular flexibility index (Phi) is 4.46. The van der Waals surface area contributed by atoms with Gasteiger partial charge < -0.3 is 9.47 Å². The van der Waals surface area contributed by atoms with Gasteiger partial charge in [0, 0.05) is 38.1 Å². The molecule has 1 saturated heterocycles. The van der Waals surface area contributed by atoms with Crippen LogP contribution in [0.15, 0.2) is 9.59 Å². The van der Waals surface area contributed by atoms with Crippen LogP contribution in [0, 0.1) is 13.8 Å². The van der Waals surface area contributed by atoms with E-state index >= 15 is 0 Å². The van der Waals surface area contributed by atoms with Gasteiger partial charge in [-0.2, -0.15) is 4.98 Å². The molecule has 0 saturated carbocycles. The Morgan fingerprint density at radius 1 is 0.963 bits per heavy atom. The summed E-state index contributed by atoms with van der Waals surface area (Å²) in [5, 5.41) is 0. The molecule has 3 aromatic rings. The highest BCUT2D eigenvalue weighted by molar-refractivity contribution is 5.76. The van der Waals surface area contributed by atoms with Gasteiger partial charge in [-0.25, -0.2) is 4.79 Å². The first-order valence-electron chi connectivity index (χ1n) is 9.85. The van der Waals surface area contributed by atoms with Crippen LogP contribution >= 0.6 is 0 Å². The number of imidazole rings is 2. The van der Waals surface area contributed by atoms with Gasteiger partial charge in [0.25, 0.3) is 5.56 Å². The highest BCUT2D eigenvalue weighted by Gasteiger charge is 2.22. The normalized spacial score (nSPS) is 16.0. The number of nitrogens with zero attached hydrogens (tertiary/aromatic N) is 6. The average molecular weight is 372 g/mol. The average Bonchev–Trinajstić information content (AvgIpc) is 3.17. The highest BCUT2D eigenvalue weighted by Crippen LogP contribution is 2.20. The Labute approximate surface area is 157 Å². The van der Waals surface area contributed by atoms with Gasteiger partial charge in [-0.05, 0) is 46.7 Å². The SMILES string of the molecule is CCn1c(C)c(C)n2c3c(=O)n(CCN4CCCCC4)c(=O)n(C)c3nc12. The van der Waals surface area contributed by atoms with E-state index in [0.29, 0.717) is 17.7 Å². The van der Waals surface area contributed by atoms with Crippen molar-refractivity contribution in [2.24, 2.45) is 7.05 Å². The topological polar surface area (TPSA) is 69.5 Å². The molecule has 0 spiro atoms. The maximum Gasteiger partial charge on any atom is 0.332 e. The molecule has 0 radical (unpaired) electrons. The van der Waals surface area contributed by atoms with E-state index in [1.54, 1.807) is 7.05 Å². The minimum atomic E-state index is -0.289. The lowest BCUT2D eigenvalue weighted by Crippen LogP contribution is -2.43. The van der Waals surface area contributed by atoms with Crippen LogP contribution in [-0.2, 0) is 20.1 Å². The van der Waals surface area contributed by atoms with E-state index in [1.165, 1.54) is 28.4 Å². The van der Waals surface area contributed by atoms with Crippen LogP contribution in [0.3, 0.4) is 0 Å². The van der Waals surface area contributed by atoms with Crippen LogP contribution in [-0.4, -0.2) is 47.6 Å². The third-order valence-corrected chi connectivity index (χ3v) is 6.03. The van der Waals surface area contributed by atoms with E-state index in [4.69, 9.17) is 0 Å². The Morgan fingerprint density at radius 2 is 1.67 bits per heavy atom. The number of rotatable bonds is 4. The summed E-state index contributed by atoms with van der Waals surface area (Å²) in [5.74, 6) is 0.725. The number of piperidine rings is 1. The third-order valence-electron chi connectivity index (χ3n) is 6.03. The molecule has 3 aromatic heterocycles. The predicted molar refractivity (Wildman–Crippen MR) is 106 cm³/mol. The molecule has 1 aliphatic heterocycles. The summed E-state index contributed by atoms with van der Waals surface area (Å²) < 4.78 is 6.88. The van der Waals surface area contributed by atoms with Crippen LogP contribution in [0.5, 0.6) is 0 Å². The van der Waals surface area contributed by atoms with E-state index in [9.17, 15) is 9.59 Å². The van der Waals surface area contributed by atoms with Gasteiger partial charge in [0.15, 0.2) is 11.2 Å². The Morgan fingerprint density at radius 3 is 2.33 bits per heavy atom. The standard InChI is InChI=1S/C19H28N6O2/c1-5-23-13(2)14(3)25-15-16(20-18(23)25)21(4)19(27)24(17(15)26)12-11-22-9-7-6-8-10-22/h5-12H2,1-4H3. The summed E-state index contributed by atoms with van der Waals surface area (Å²) in [5.41, 5.74) is 2.51. The monoisotopic (exact) mass is 372 g/mol. The highest BCUT2D eigenvalue weighted by atomic mass is 16.2. The minimum absolute atomic E-state index is 0.242. The fourth-order valence-corrected chi connectivity index (χ4v) is 4.32. The maximum absolute atomic E-state index is 13.3. The number of hydrogen-bond donors (Lipinski definition) is 0. The molecule has 0 N–H and O–H groups in total. The maximum atomic E-state index is 13.3. The summed E-state index contributed by atoms with van der Waals surface area (Å²) >= 11 is 0. The molecule has 4 heterocycles. The lowest BCUT2D eigenvalue weighted by molar-refractivity contribution is 0.218. The van der Waals surface area contributed by atoms with Crippen molar-refractivity contribution in [1.29, 1.82) is 0 Å². The fourth-order valence-electron chi connectivity index (χ4n) is 4.32. The van der Waals surface area contributed by atoms with Crippen molar-refractivity contribution in [3.05, 3.63) is 32.2 Å². The molecule has 0 atom stereocenters. The van der Waals surface area contributed by atoms with Gasteiger partial charge in [-0.3, -0.25) is 18.3 Å². The van der Waals surface area contributed by atoms with Gasteiger partial charge in [0.2, 0.25) is 5.78 Å². The zero-order chi connectivity index (χ0) is 19.3. The van der Waals surface area contributed by atoms with Crippen LogP contribution in [0.1, 0.15) is 37.6 Å². The summed E-state index contributed by atoms with van der Waals surface area (Å²) in [4.78, 5) is 33.1. The van der Waals surface area contributed by atoms with Crippen molar-refractivity contribution in [2.45, 2.75) is 53.1 Å². The van der Waals surface area contributed by atoms with Crippen LogP contribution < -0.4 is 11.2 Å². The molecule has 0 aromatic carbocycles. The summed E-state index contributed by atoms with van der Waals surface area (Å²) in [7, 11) is 1.70. The van der Waals surface area contributed by atoms with Crippen molar-refractivity contribution in [1.82, 2.24) is 28.0 Å². The predicted octanol–water partition coefficient (Wildman–Crippen LogP) is 1.27. The van der Waals surface area contributed by atoms with Crippen molar-refractivity contribution in [3.8, 4) is 0 Å². The second-order valence-corrected chi connectivity index (χ2v) is 7.54. The molecule has 0 bridgehead atoms. The molecule has 27 heavy (non-hydrogen) atoms. The number of aryl methyl sites for hydroxylation is 3. The molecule has 146 valence electrons.